The maximum absolute atomic E-state index is 13.5. The summed E-state index contributed by atoms with van der Waals surface area (Å²) in [6.45, 7) is 2.93. The van der Waals surface area contributed by atoms with Crippen LogP contribution in [0.25, 0.3) is 0 Å². The van der Waals surface area contributed by atoms with Crippen LogP contribution in [0.1, 0.15) is 11.1 Å². The molecule has 0 saturated heterocycles. The van der Waals surface area contributed by atoms with Crippen molar-refractivity contribution >= 4 is 0 Å². The van der Waals surface area contributed by atoms with E-state index in [-0.39, 0.29) is 17.4 Å². The predicted molar refractivity (Wildman–Crippen MR) is 62.2 cm³/mol. The minimum Gasteiger partial charge on any atom is -0.451 e. The summed E-state index contributed by atoms with van der Waals surface area (Å²) < 4.78 is 70.9. The lowest BCUT2D eigenvalue weighted by atomic mass is 10.1. The Balaban J connectivity index is 2.51. The van der Waals surface area contributed by atoms with Crippen LogP contribution in [0.3, 0.4) is 0 Å². The van der Waals surface area contributed by atoms with E-state index in [4.69, 9.17) is 4.74 Å². The van der Waals surface area contributed by atoms with Gasteiger partial charge >= 0.3 is 0 Å². The average molecular weight is 288 g/mol. The third kappa shape index (κ3) is 2.33. The lowest BCUT2D eigenvalue weighted by Crippen LogP contribution is -2.01. The molecule has 0 N–H and O–H groups in total. The van der Waals surface area contributed by atoms with E-state index in [0.29, 0.717) is 5.56 Å². The maximum atomic E-state index is 13.5. The van der Waals surface area contributed by atoms with Crippen molar-refractivity contribution in [3.05, 3.63) is 58.4 Å². The van der Waals surface area contributed by atoms with Gasteiger partial charge in [-0.15, -0.1) is 0 Å². The van der Waals surface area contributed by atoms with Crippen molar-refractivity contribution in [1.82, 2.24) is 0 Å². The van der Waals surface area contributed by atoms with Gasteiger partial charge < -0.3 is 4.74 Å². The molecule has 0 aliphatic rings. The number of hydrogen-bond acceptors (Lipinski definition) is 1. The van der Waals surface area contributed by atoms with Crippen molar-refractivity contribution in [3.8, 4) is 11.5 Å². The summed E-state index contributed by atoms with van der Waals surface area (Å²) in [7, 11) is 0. The second kappa shape index (κ2) is 5.11. The van der Waals surface area contributed by atoms with Gasteiger partial charge in [0, 0.05) is 6.07 Å². The van der Waals surface area contributed by atoms with Gasteiger partial charge in [0.15, 0.2) is 17.5 Å². The Morgan fingerprint density at radius 1 is 0.750 bits per heavy atom. The fraction of sp³-hybridized carbons (Fsp3) is 0.143. The number of ether oxygens (including phenoxy) is 1. The summed E-state index contributed by atoms with van der Waals surface area (Å²) in [5.41, 5.74) is 0.527. The highest BCUT2D eigenvalue weighted by molar-refractivity contribution is 5.43. The largest absolute Gasteiger partial charge is 0.451 e. The van der Waals surface area contributed by atoms with Crippen molar-refractivity contribution in [2.75, 3.05) is 0 Å². The Morgan fingerprint density at radius 3 is 2.05 bits per heavy atom. The first kappa shape index (κ1) is 14.3. The van der Waals surface area contributed by atoms with E-state index in [2.05, 4.69) is 0 Å². The smallest absolute Gasteiger partial charge is 0.207 e. The lowest BCUT2D eigenvalue weighted by Gasteiger charge is -2.12. The van der Waals surface area contributed by atoms with Crippen molar-refractivity contribution in [3.63, 3.8) is 0 Å². The molecule has 0 spiro atoms. The Labute approximate surface area is 111 Å². The Hall–Kier alpha value is -2.11. The molecule has 1 nitrogen and oxygen atoms in total. The molecule has 106 valence electrons. The molecular weight excluding hydrogens is 279 g/mol. The van der Waals surface area contributed by atoms with E-state index in [1.165, 1.54) is 13.8 Å². The van der Waals surface area contributed by atoms with Gasteiger partial charge in [-0.25, -0.2) is 17.6 Å². The highest BCUT2D eigenvalue weighted by atomic mass is 19.2. The van der Waals surface area contributed by atoms with Gasteiger partial charge in [0.1, 0.15) is 11.6 Å². The van der Waals surface area contributed by atoms with Crippen LogP contribution in [0.5, 0.6) is 11.5 Å². The molecule has 0 saturated carbocycles. The predicted octanol–water partition coefficient (Wildman–Crippen LogP) is 4.79. The first-order valence-corrected chi connectivity index (χ1v) is 5.59. The highest BCUT2D eigenvalue weighted by Gasteiger charge is 2.22. The quantitative estimate of drug-likeness (QED) is 0.438. The highest BCUT2D eigenvalue weighted by Crippen LogP contribution is 2.33. The average Bonchev–Trinajstić information content (AvgIpc) is 2.41. The normalized spacial score (nSPS) is 10.8. The minimum absolute atomic E-state index is 0.0484. The van der Waals surface area contributed by atoms with Gasteiger partial charge in [-0.3, -0.25) is 0 Å². The summed E-state index contributed by atoms with van der Waals surface area (Å²) in [4.78, 5) is 0. The molecule has 2 aromatic rings. The first-order valence-electron chi connectivity index (χ1n) is 5.59. The molecule has 0 unspecified atom stereocenters. The van der Waals surface area contributed by atoms with E-state index in [1.807, 2.05) is 0 Å². The van der Waals surface area contributed by atoms with E-state index in [0.717, 1.165) is 12.1 Å². The van der Waals surface area contributed by atoms with Crippen molar-refractivity contribution in [1.29, 1.82) is 0 Å². The van der Waals surface area contributed by atoms with Crippen molar-refractivity contribution in [2.45, 2.75) is 13.8 Å². The van der Waals surface area contributed by atoms with E-state index >= 15 is 0 Å². The summed E-state index contributed by atoms with van der Waals surface area (Å²) in [5, 5.41) is 0. The van der Waals surface area contributed by atoms with Gasteiger partial charge in [0.05, 0.1) is 0 Å². The first-order chi connectivity index (χ1) is 9.32. The zero-order chi connectivity index (χ0) is 15.0. The van der Waals surface area contributed by atoms with E-state index < -0.39 is 34.8 Å². The monoisotopic (exact) mass is 288 g/mol. The van der Waals surface area contributed by atoms with Gasteiger partial charge in [0.25, 0.3) is 0 Å². The molecule has 0 bridgehead atoms. The molecular formula is C14H9F5O. The molecule has 20 heavy (non-hydrogen) atoms. The van der Waals surface area contributed by atoms with Gasteiger partial charge in [-0.2, -0.15) is 4.39 Å². The van der Waals surface area contributed by atoms with Crippen LogP contribution in [0.15, 0.2) is 18.2 Å². The van der Waals surface area contributed by atoms with Crippen molar-refractivity contribution < 1.29 is 26.7 Å². The number of rotatable bonds is 2. The fourth-order valence-corrected chi connectivity index (χ4v) is 1.63. The molecule has 0 aliphatic heterocycles. The summed E-state index contributed by atoms with van der Waals surface area (Å²) in [6.07, 6.45) is 0. The lowest BCUT2D eigenvalue weighted by molar-refractivity contribution is 0.365. The summed E-state index contributed by atoms with van der Waals surface area (Å²) in [6, 6.07) is 2.38. The number of hydrogen-bond donors (Lipinski definition) is 0. The Bertz CT molecular complexity index is 682. The van der Waals surface area contributed by atoms with Crippen LogP contribution in [0.2, 0.25) is 0 Å². The summed E-state index contributed by atoms with van der Waals surface area (Å²) in [5.74, 6) is -8.28. The van der Waals surface area contributed by atoms with Gasteiger partial charge in [-0.05, 0) is 37.1 Å². The van der Waals surface area contributed by atoms with E-state index in [1.54, 1.807) is 0 Å². The Kier molecular flexibility index (Phi) is 3.65. The standard InChI is InChI=1S/C14H9F5O/c1-6-7(2)11(4-3-8(6)15)20-14-10(17)5-9(16)12(18)13(14)19/h3-5H,1-2H3. The number of halogens is 5. The summed E-state index contributed by atoms with van der Waals surface area (Å²) >= 11 is 0. The topological polar surface area (TPSA) is 9.23 Å². The van der Waals surface area contributed by atoms with Crippen LogP contribution in [0.4, 0.5) is 22.0 Å². The molecule has 0 atom stereocenters. The van der Waals surface area contributed by atoms with Gasteiger partial charge in [0.2, 0.25) is 11.6 Å². The molecule has 0 fully saturated rings. The molecule has 2 aromatic carbocycles. The van der Waals surface area contributed by atoms with Crippen molar-refractivity contribution in [2.24, 2.45) is 0 Å². The van der Waals surface area contributed by atoms with Crippen LogP contribution in [0, 0.1) is 42.9 Å². The molecule has 0 aromatic heterocycles. The zero-order valence-corrected chi connectivity index (χ0v) is 10.5. The molecule has 0 amide bonds. The molecule has 0 radical (unpaired) electrons. The Morgan fingerprint density at radius 2 is 1.40 bits per heavy atom. The molecule has 0 aliphatic carbocycles. The third-order valence-corrected chi connectivity index (χ3v) is 2.96. The van der Waals surface area contributed by atoms with E-state index in [9.17, 15) is 22.0 Å². The van der Waals surface area contributed by atoms with Gasteiger partial charge in [-0.1, -0.05) is 0 Å². The van der Waals surface area contributed by atoms with Crippen LogP contribution >= 0.6 is 0 Å². The number of benzene rings is 2. The second-order valence-corrected chi connectivity index (χ2v) is 4.19. The maximum Gasteiger partial charge on any atom is 0.207 e. The second-order valence-electron chi connectivity index (χ2n) is 4.19. The molecule has 0 heterocycles. The third-order valence-electron chi connectivity index (χ3n) is 2.96. The SMILES string of the molecule is Cc1c(F)ccc(Oc2c(F)cc(F)c(F)c2F)c1C. The minimum atomic E-state index is -1.84. The van der Waals surface area contributed by atoms with Crippen LogP contribution in [-0.4, -0.2) is 0 Å². The van der Waals surface area contributed by atoms with Crippen LogP contribution < -0.4 is 4.74 Å². The molecule has 2 rings (SSSR count). The zero-order valence-electron chi connectivity index (χ0n) is 10.5. The fourth-order valence-electron chi connectivity index (χ4n) is 1.63. The van der Waals surface area contributed by atoms with Crippen LogP contribution in [-0.2, 0) is 0 Å². The molecule has 6 heteroatoms.